The van der Waals surface area contributed by atoms with E-state index in [1.165, 1.54) is 0 Å². The maximum Gasteiger partial charge on any atom is 0.251 e. The Labute approximate surface area is 180 Å². The summed E-state index contributed by atoms with van der Waals surface area (Å²) in [4.78, 5) is 21.7. The van der Waals surface area contributed by atoms with E-state index >= 15 is 0 Å². The summed E-state index contributed by atoms with van der Waals surface area (Å²) in [5.74, 6) is 0.877. The van der Waals surface area contributed by atoms with Gasteiger partial charge in [0.15, 0.2) is 0 Å². The summed E-state index contributed by atoms with van der Waals surface area (Å²) in [6, 6.07) is 12.3. The van der Waals surface area contributed by atoms with Gasteiger partial charge in [0.25, 0.3) is 5.91 Å². The number of amides is 1. The van der Waals surface area contributed by atoms with E-state index in [0.29, 0.717) is 18.2 Å². The number of carbonyl (C=O) groups is 1. The van der Waals surface area contributed by atoms with Gasteiger partial charge < -0.3 is 19.9 Å². The summed E-state index contributed by atoms with van der Waals surface area (Å²) in [6.07, 6.45) is 2.24. The topological polar surface area (TPSA) is 57.7 Å². The molecule has 0 radical (unpaired) electrons. The molecule has 2 aromatic rings. The molecule has 1 amide bonds. The molecule has 1 N–H and O–H groups in total. The Kier molecular flexibility index (Phi) is 7.32. The molecule has 1 aliphatic rings. The molecule has 30 heavy (non-hydrogen) atoms. The van der Waals surface area contributed by atoms with E-state index in [2.05, 4.69) is 54.7 Å². The van der Waals surface area contributed by atoms with Gasteiger partial charge in [0.1, 0.15) is 5.82 Å². The Morgan fingerprint density at radius 2 is 1.83 bits per heavy atom. The van der Waals surface area contributed by atoms with E-state index in [1.807, 2.05) is 42.6 Å². The third-order valence-electron chi connectivity index (χ3n) is 5.43. The molecule has 1 saturated heterocycles. The summed E-state index contributed by atoms with van der Waals surface area (Å²) in [5.41, 5.74) is 2.78. The molecule has 2 heterocycles. The number of anilines is 2. The smallest absolute Gasteiger partial charge is 0.251 e. The van der Waals surface area contributed by atoms with E-state index in [1.54, 1.807) is 0 Å². The molecule has 2 unspecified atom stereocenters. The van der Waals surface area contributed by atoms with Crippen LogP contribution >= 0.6 is 0 Å². The predicted molar refractivity (Wildman–Crippen MR) is 122 cm³/mol. The van der Waals surface area contributed by atoms with Gasteiger partial charge in [-0.15, -0.1) is 0 Å². The first-order chi connectivity index (χ1) is 14.4. The van der Waals surface area contributed by atoms with Crippen molar-refractivity contribution in [3.05, 3.63) is 53.7 Å². The van der Waals surface area contributed by atoms with Crippen LogP contribution < -0.4 is 15.1 Å². The summed E-state index contributed by atoms with van der Waals surface area (Å²) >= 11 is 0. The number of nitrogens with one attached hydrogen (secondary N) is 1. The number of hydrogen-bond acceptors (Lipinski definition) is 5. The third-order valence-corrected chi connectivity index (χ3v) is 5.43. The van der Waals surface area contributed by atoms with Crippen molar-refractivity contribution < 1.29 is 9.53 Å². The minimum absolute atomic E-state index is 0.0750. The van der Waals surface area contributed by atoms with E-state index < -0.39 is 0 Å². The second-order valence-corrected chi connectivity index (χ2v) is 8.30. The number of carbonyl (C=O) groups excluding carboxylic acids is 1. The van der Waals surface area contributed by atoms with Crippen LogP contribution in [-0.2, 0) is 11.3 Å². The number of benzene rings is 1. The van der Waals surface area contributed by atoms with Crippen molar-refractivity contribution in [1.82, 2.24) is 10.3 Å². The lowest BCUT2D eigenvalue weighted by molar-refractivity contribution is -0.00546. The highest BCUT2D eigenvalue weighted by Crippen LogP contribution is 2.19. The summed E-state index contributed by atoms with van der Waals surface area (Å²) < 4.78 is 5.79. The highest BCUT2D eigenvalue weighted by atomic mass is 16.5. The maximum atomic E-state index is 12.5. The molecule has 6 heteroatoms. The molecule has 0 spiro atoms. The van der Waals surface area contributed by atoms with Crippen LogP contribution in [0.15, 0.2) is 42.6 Å². The van der Waals surface area contributed by atoms with Gasteiger partial charge in [0.05, 0.1) is 12.2 Å². The first-order valence-electron chi connectivity index (χ1n) is 10.9. The van der Waals surface area contributed by atoms with Crippen molar-refractivity contribution in [2.75, 3.05) is 29.4 Å². The first kappa shape index (κ1) is 22.1. The van der Waals surface area contributed by atoms with Crippen molar-refractivity contribution in [2.45, 2.75) is 59.4 Å². The van der Waals surface area contributed by atoms with E-state index in [0.717, 1.165) is 36.7 Å². The molecule has 3 rings (SSSR count). The molecule has 1 fully saturated rings. The van der Waals surface area contributed by atoms with Crippen LogP contribution in [0, 0.1) is 0 Å². The quantitative estimate of drug-likeness (QED) is 0.751. The Balaban J connectivity index is 1.55. The third kappa shape index (κ3) is 5.51. The zero-order valence-corrected chi connectivity index (χ0v) is 18.8. The van der Waals surface area contributed by atoms with Gasteiger partial charge in [-0.25, -0.2) is 4.98 Å². The van der Waals surface area contributed by atoms with Crippen molar-refractivity contribution in [3.8, 4) is 0 Å². The molecule has 0 bridgehead atoms. The van der Waals surface area contributed by atoms with E-state index in [9.17, 15) is 4.79 Å². The highest BCUT2D eigenvalue weighted by Gasteiger charge is 2.23. The van der Waals surface area contributed by atoms with Gasteiger partial charge in [0, 0.05) is 49.7 Å². The van der Waals surface area contributed by atoms with Gasteiger partial charge >= 0.3 is 0 Å². The Morgan fingerprint density at radius 3 is 2.37 bits per heavy atom. The molecular formula is C24H34N4O2. The van der Waals surface area contributed by atoms with Gasteiger partial charge in [-0.3, -0.25) is 4.79 Å². The zero-order chi connectivity index (χ0) is 21.7. The second kappa shape index (κ2) is 9.94. The molecule has 0 saturated carbocycles. The monoisotopic (exact) mass is 410 g/mol. The van der Waals surface area contributed by atoms with Crippen LogP contribution in [0.1, 0.15) is 50.5 Å². The number of rotatable bonds is 7. The number of aromatic nitrogens is 1. The zero-order valence-electron chi connectivity index (χ0n) is 18.8. The fourth-order valence-corrected chi connectivity index (χ4v) is 4.01. The number of morpholine rings is 1. The normalized spacial score (nSPS) is 19.1. The molecule has 6 nitrogen and oxygen atoms in total. The number of ether oxygens (including phenoxy) is 1. The van der Waals surface area contributed by atoms with E-state index in [4.69, 9.17) is 4.74 Å². The first-order valence-corrected chi connectivity index (χ1v) is 10.9. The second-order valence-electron chi connectivity index (χ2n) is 8.30. The lowest BCUT2D eigenvalue weighted by Crippen LogP contribution is -2.45. The van der Waals surface area contributed by atoms with Crippen LogP contribution in [0.2, 0.25) is 0 Å². The number of pyridine rings is 1. The van der Waals surface area contributed by atoms with Gasteiger partial charge in [-0.05, 0) is 70.5 Å². The van der Waals surface area contributed by atoms with Gasteiger partial charge in [-0.1, -0.05) is 6.07 Å². The Bertz CT molecular complexity index is 810. The number of hydrogen-bond donors (Lipinski definition) is 1. The van der Waals surface area contributed by atoms with Crippen LogP contribution in [0.3, 0.4) is 0 Å². The van der Waals surface area contributed by atoms with Gasteiger partial charge in [0.2, 0.25) is 0 Å². The fourth-order valence-electron chi connectivity index (χ4n) is 4.01. The molecule has 1 aromatic heterocycles. The van der Waals surface area contributed by atoms with Crippen LogP contribution in [0.5, 0.6) is 0 Å². The maximum absolute atomic E-state index is 12.5. The van der Waals surface area contributed by atoms with Gasteiger partial charge in [-0.2, -0.15) is 0 Å². The molecule has 1 aromatic carbocycles. The van der Waals surface area contributed by atoms with Crippen molar-refractivity contribution >= 4 is 17.4 Å². The summed E-state index contributed by atoms with van der Waals surface area (Å²) in [5, 5.41) is 2.99. The van der Waals surface area contributed by atoms with Crippen molar-refractivity contribution in [2.24, 2.45) is 0 Å². The molecule has 162 valence electrons. The molecule has 2 atom stereocenters. The lowest BCUT2D eigenvalue weighted by atomic mass is 10.1. The average molecular weight is 411 g/mol. The fraction of sp³-hybridized carbons (Fsp3) is 0.500. The molecular weight excluding hydrogens is 376 g/mol. The Hall–Kier alpha value is -2.60. The minimum Gasteiger partial charge on any atom is -0.372 e. The van der Waals surface area contributed by atoms with Crippen LogP contribution in [0.25, 0.3) is 0 Å². The van der Waals surface area contributed by atoms with Crippen molar-refractivity contribution in [3.63, 3.8) is 0 Å². The van der Waals surface area contributed by atoms with Crippen molar-refractivity contribution in [1.29, 1.82) is 0 Å². The lowest BCUT2D eigenvalue weighted by Gasteiger charge is -2.36. The average Bonchev–Trinajstić information content (AvgIpc) is 2.72. The van der Waals surface area contributed by atoms with E-state index in [-0.39, 0.29) is 18.1 Å². The number of nitrogens with zero attached hydrogens (tertiary/aromatic N) is 3. The standard InChI is InChI=1S/C24H34N4O2/c1-6-28(17(2)3)22-10-8-21(9-11-22)24(29)26-14-20-7-12-23(25-13-20)27-15-18(4)30-19(5)16-27/h7-13,17-19H,6,14-16H2,1-5H3,(H,26,29). The van der Waals surface area contributed by atoms with Crippen LogP contribution in [0.4, 0.5) is 11.5 Å². The highest BCUT2D eigenvalue weighted by molar-refractivity contribution is 5.94. The SMILES string of the molecule is CCN(c1ccc(C(=O)NCc2ccc(N3CC(C)OC(C)C3)nc2)cc1)C(C)C. The molecule has 1 aliphatic heterocycles. The summed E-state index contributed by atoms with van der Waals surface area (Å²) in [7, 11) is 0. The minimum atomic E-state index is -0.0750. The largest absolute Gasteiger partial charge is 0.372 e. The van der Waals surface area contributed by atoms with Crippen LogP contribution in [-0.4, -0.2) is 48.8 Å². The summed E-state index contributed by atoms with van der Waals surface area (Å²) in [6.45, 7) is 13.7. The molecule has 0 aliphatic carbocycles. The Morgan fingerprint density at radius 1 is 1.17 bits per heavy atom. The predicted octanol–water partition coefficient (Wildman–Crippen LogP) is 3.86.